The van der Waals surface area contributed by atoms with Crippen LogP contribution in [0.1, 0.15) is 25.3 Å². The minimum atomic E-state index is -3.81. The number of rotatable bonds is 6. The fourth-order valence-electron chi connectivity index (χ4n) is 1.68. The fourth-order valence-corrected chi connectivity index (χ4v) is 3.26. The molecule has 4 N–H and O–H groups in total. The molecule has 0 saturated heterocycles. The van der Waals surface area contributed by atoms with Crippen molar-refractivity contribution in [3.63, 3.8) is 0 Å². The number of hydrogen-bond donors (Lipinski definition) is 3. The highest BCUT2D eigenvalue weighted by Crippen LogP contribution is 2.17. The van der Waals surface area contributed by atoms with E-state index in [-0.39, 0.29) is 17.2 Å². The first kappa shape index (κ1) is 15.6. The SMILES string of the molecule is CCC(CC(=N)N)NS(=O)(=O)c1cc(F)ccc1C. The summed E-state index contributed by atoms with van der Waals surface area (Å²) < 4.78 is 39.9. The van der Waals surface area contributed by atoms with E-state index in [9.17, 15) is 12.8 Å². The second-order valence-corrected chi connectivity index (χ2v) is 6.05. The van der Waals surface area contributed by atoms with E-state index >= 15 is 0 Å². The number of nitrogens with two attached hydrogens (primary N) is 1. The third-order valence-corrected chi connectivity index (χ3v) is 4.38. The minimum Gasteiger partial charge on any atom is -0.388 e. The van der Waals surface area contributed by atoms with Gasteiger partial charge in [0.1, 0.15) is 5.82 Å². The largest absolute Gasteiger partial charge is 0.388 e. The van der Waals surface area contributed by atoms with Crippen LogP contribution in [-0.2, 0) is 10.0 Å². The lowest BCUT2D eigenvalue weighted by atomic mass is 10.1. The predicted octanol–water partition coefficient (Wildman–Crippen LogP) is 1.52. The third kappa shape index (κ3) is 4.29. The molecule has 1 rings (SSSR count). The van der Waals surface area contributed by atoms with Crippen LogP contribution in [0.3, 0.4) is 0 Å². The van der Waals surface area contributed by atoms with Crippen molar-refractivity contribution in [1.82, 2.24) is 4.72 Å². The van der Waals surface area contributed by atoms with E-state index < -0.39 is 21.9 Å². The average Bonchev–Trinajstić information content (AvgIpc) is 2.30. The zero-order valence-electron chi connectivity index (χ0n) is 10.9. The van der Waals surface area contributed by atoms with Gasteiger partial charge in [0.05, 0.1) is 10.7 Å². The molecule has 19 heavy (non-hydrogen) atoms. The lowest BCUT2D eigenvalue weighted by Gasteiger charge is -2.17. The van der Waals surface area contributed by atoms with Crippen molar-refractivity contribution in [3.8, 4) is 0 Å². The van der Waals surface area contributed by atoms with Crippen molar-refractivity contribution < 1.29 is 12.8 Å². The van der Waals surface area contributed by atoms with Gasteiger partial charge in [0, 0.05) is 12.5 Å². The van der Waals surface area contributed by atoms with E-state index in [4.69, 9.17) is 11.1 Å². The maximum atomic E-state index is 13.2. The van der Waals surface area contributed by atoms with Crippen LogP contribution in [0, 0.1) is 18.2 Å². The molecule has 106 valence electrons. The summed E-state index contributed by atoms with van der Waals surface area (Å²) in [6.07, 6.45) is 0.622. The second-order valence-electron chi connectivity index (χ2n) is 4.37. The van der Waals surface area contributed by atoms with Crippen molar-refractivity contribution in [2.45, 2.75) is 37.6 Å². The van der Waals surface area contributed by atoms with Crippen molar-refractivity contribution in [3.05, 3.63) is 29.6 Å². The number of halogens is 1. The topological polar surface area (TPSA) is 96.0 Å². The Hall–Kier alpha value is -1.47. The maximum Gasteiger partial charge on any atom is 0.241 e. The lowest BCUT2D eigenvalue weighted by molar-refractivity contribution is 0.542. The normalized spacial score (nSPS) is 13.2. The Kier molecular flexibility index (Phi) is 5.02. The number of benzene rings is 1. The van der Waals surface area contributed by atoms with Crippen LogP contribution in [0.2, 0.25) is 0 Å². The Morgan fingerprint density at radius 2 is 2.16 bits per heavy atom. The molecule has 0 amide bonds. The molecule has 1 atom stereocenters. The predicted molar refractivity (Wildman–Crippen MR) is 72.1 cm³/mol. The molecule has 5 nitrogen and oxygen atoms in total. The van der Waals surface area contributed by atoms with Crippen LogP contribution in [0.25, 0.3) is 0 Å². The summed E-state index contributed by atoms with van der Waals surface area (Å²) in [6, 6.07) is 3.14. The van der Waals surface area contributed by atoms with Gasteiger partial charge in [-0.1, -0.05) is 13.0 Å². The summed E-state index contributed by atoms with van der Waals surface area (Å²) in [5.74, 6) is -0.698. The van der Waals surface area contributed by atoms with E-state index in [1.807, 2.05) is 0 Å². The zero-order chi connectivity index (χ0) is 14.6. The molecule has 1 aromatic rings. The van der Waals surface area contributed by atoms with Gasteiger partial charge < -0.3 is 5.73 Å². The number of amidine groups is 1. The van der Waals surface area contributed by atoms with Gasteiger partial charge in [-0.25, -0.2) is 17.5 Å². The molecule has 1 aromatic carbocycles. The minimum absolute atomic E-state index is 0.0884. The molecule has 0 aliphatic rings. The summed E-state index contributed by atoms with van der Waals surface area (Å²) >= 11 is 0. The Balaban J connectivity index is 3.03. The molecular formula is C12H18FN3O2S. The van der Waals surface area contributed by atoms with Crippen molar-refractivity contribution in [1.29, 1.82) is 5.41 Å². The highest BCUT2D eigenvalue weighted by atomic mass is 32.2. The Morgan fingerprint density at radius 3 is 2.68 bits per heavy atom. The first-order valence-electron chi connectivity index (χ1n) is 5.87. The van der Waals surface area contributed by atoms with Crippen molar-refractivity contribution >= 4 is 15.9 Å². The molecule has 0 fully saturated rings. The second kappa shape index (κ2) is 6.12. The summed E-state index contributed by atoms with van der Waals surface area (Å²) in [6.45, 7) is 3.38. The monoisotopic (exact) mass is 287 g/mol. The summed E-state index contributed by atoms with van der Waals surface area (Å²) in [4.78, 5) is -0.0884. The van der Waals surface area contributed by atoms with E-state index in [0.717, 1.165) is 6.07 Å². The Labute approximate surface area is 112 Å². The van der Waals surface area contributed by atoms with Gasteiger partial charge in [0.2, 0.25) is 10.0 Å². The number of aryl methyl sites for hydroxylation is 1. The molecule has 0 aromatic heterocycles. The van der Waals surface area contributed by atoms with Gasteiger partial charge in [-0.3, -0.25) is 5.41 Å². The van der Waals surface area contributed by atoms with Gasteiger partial charge >= 0.3 is 0 Å². The standard InChI is InChI=1S/C12H18FN3O2S/c1-3-10(7-12(14)15)16-19(17,18)11-6-9(13)5-4-8(11)2/h4-6,10,16H,3,7H2,1-2H3,(H3,14,15). The van der Waals surface area contributed by atoms with Crippen LogP contribution in [0.15, 0.2) is 23.1 Å². The number of hydrogen-bond acceptors (Lipinski definition) is 3. The van der Waals surface area contributed by atoms with Crippen LogP contribution < -0.4 is 10.5 Å². The Morgan fingerprint density at radius 1 is 1.53 bits per heavy atom. The number of sulfonamides is 1. The fraction of sp³-hybridized carbons (Fsp3) is 0.417. The molecule has 0 radical (unpaired) electrons. The highest BCUT2D eigenvalue weighted by molar-refractivity contribution is 7.89. The summed E-state index contributed by atoms with van der Waals surface area (Å²) in [5.41, 5.74) is 5.73. The van der Waals surface area contributed by atoms with Crippen molar-refractivity contribution in [2.75, 3.05) is 0 Å². The molecule has 0 aliphatic heterocycles. The first-order valence-corrected chi connectivity index (χ1v) is 7.36. The quantitative estimate of drug-likeness (QED) is 0.546. The van der Waals surface area contributed by atoms with Gasteiger partial charge in [-0.2, -0.15) is 0 Å². The molecule has 0 heterocycles. The van der Waals surface area contributed by atoms with E-state index in [1.54, 1.807) is 13.8 Å². The van der Waals surface area contributed by atoms with Gasteiger partial charge in [-0.05, 0) is 31.0 Å². The van der Waals surface area contributed by atoms with Crippen molar-refractivity contribution in [2.24, 2.45) is 5.73 Å². The summed E-state index contributed by atoms with van der Waals surface area (Å²) in [5, 5.41) is 7.20. The van der Waals surface area contributed by atoms with E-state index in [0.29, 0.717) is 12.0 Å². The van der Waals surface area contributed by atoms with E-state index in [2.05, 4.69) is 4.72 Å². The molecule has 0 saturated carbocycles. The number of nitrogens with one attached hydrogen (secondary N) is 2. The smallest absolute Gasteiger partial charge is 0.241 e. The zero-order valence-corrected chi connectivity index (χ0v) is 11.7. The highest BCUT2D eigenvalue weighted by Gasteiger charge is 2.21. The van der Waals surface area contributed by atoms with Crippen LogP contribution in [0.4, 0.5) is 4.39 Å². The first-order chi connectivity index (χ1) is 8.76. The third-order valence-electron chi connectivity index (χ3n) is 2.72. The van der Waals surface area contributed by atoms with Crippen LogP contribution >= 0.6 is 0 Å². The molecule has 0 aliphatic carbocycles. The van der Waals surface area contributed by atoms with Gasteiger partial charge in [0.25, 0.3) is 0 Å². The molecule has 1 unspecified atom stereocenters. The van der Waals surface area contributed by atoms with Crippen LogP contribution in [-0.4, -0.2) is 20.3 Å². The van der Waals surface area contributed by atoms with E-state index in [1.165, 1.54) is 12.1 Å². The molecule has 0 spiro atoms. The lowest BCUT2D eigenvalue weighted by Crippen LogP contribution is -2.37. The molecule has 7 heteroatoms. The maximum absolute atomic E-state index is 13.2. The van der Waals surface area contributed by atoms with Crippen LogP contribution in [0.5, 0.6) is 0 Å². The van der Waals surface area contributed by atoms with Gasteiger partial charge in [0.15, 0.2) is 0 Å². The summed E-state index contributed by atoms with van der Waals surface area (Å²) in [7, 11) is -3.81. The average molecular weight is 287 g/mol. The molecule has 0 bridgehead atoms. The van der Waals surface area contributed by atoms with Gasteiger partial charge in [-0.15, -0.1) is 0 Å². The Bertz CT molecular complexity index is 572. The molecular weight excluding hydrogens is 269 g/mol.